The van der Waals surface area contributed by atoms with Gasteiger partial charge in [0.15, 0.2) is 5.69 Å². The molecule has 0 N–H and O–H groups in total. The fourth-order valence-corrected chi connectivity index (χ4v) is 3.81. The van der Waals surface area contributed by atoms with Crippen LogP contribution in [0.3, 0.4) is 0 Å². The molecule has 3 heterocycles. The molecule has 2 saturated heterocycles. The van der Waals surface area contributed by atoms with Crippen molar-refractivity contribution >= 4 is 17.5 Å². The monoisotopic (exact) mass is 345 g/mol. The minimum Gasteiger partial charge on any atom is -0.334 e. The molecule has 0 saturated carbocycles. The second-order valence-electron chi connectivity index (χ2n) is 6.48. The molecule has 0 radical (unpaired) electrons. The van der Waals surface area contributed by atoms with Crippen molar-refractivity contribution in [3.05, 3.63) is 46.7 Å². The van der Waals surface area contributed by atoms with Gasteiger partial charge in [-0.05, 0) is 31.0 Å². The lowest BCUT2D eigenvalue weighted by molar-refractivity contribution is 0.0565. The van der Waals surface area contributed by atoms with Gasteiger partial charge in [-0.1, -0.05) is 35.0 Å². The summed E-state index contributed by atoms with van der Waals surface area (Å²) in [5, 5.41) is 8.85. The Bertz CT molecular complexity index is 746. The third-order valence-corrected chi connectivity index (χ3v) is 5.29. The molecule has 0 spiro atoms. The van der Waals surface area contributed by atoms with Crippen LogP contribution in [0, 0.1) is 0 Å². The Kier molecular flexibility index (Phi) is 4.24. The number of aromatic nitrogens is 3. The molecule has 1 amide bonds. The first-order valence-corrected chi connectivity index (χ1v) is 8.75. The molecule has 7 heteroatoms. The molecule has 4 rings (SSSR count). The molecule has 2 aliphatic heterocycles. The van der Waals surface area contributed by atoms with Crippen molar-refractivity contribution in [2.75, 3.05) is 26.2 Å². The summed E-state index contributed by atoms with van der Waals surface area (Å²) >= 11 is 6.18. The average Bonchev–Trinajstić information content (AvgIpc) is 3.24. The van der Waals surface area contributed by atoms with Gasteiger partial charge < -0.3 is 4.90 Å². The fourth-order valence-electron chi connectivity index (χ4n) is 3.61. The predicted molar refractivity (Wildman–Crippen MR) is 91.1 cm³/mol. The first kappa shape index (κ1) is 15.6. The number of carbonyl (C=O) groups excluding carboxylic acids is 1. The van der Waals surface area contributed by atoms with Crippen molar-refractivity contribution in [3.8, 4) is 0 Å². The van der Waals surface area contributed by atoms with Gasteiger partial charge in [0.05, 0.1) is 12.7 Å². The topological polar surface area (TPSA) is 54.3 Å². The quantitative estimate of drug-likeness (QED) is 0.852. The highest BCUT2D eigenvalue weighted by Crippen LogP contribution is 2.22. The molecule has 126 valence electrons. The summed E-state index contributed by atoms with van der Waals surface area (Å²) in [6.07, 6.45) is 4.14. The maximum absolute atomic E-state index is 12.7. The predicted octanol–water partition coefficient (Wildman–Crippen LogP) is 1.90. The van der Waals surface area contributed by atoms with Crippen molar-refractivity contribution in [3.63, 3.8) is 0 Å². The number of fused-ring (bicyclic) bond motifs is 1. The van der Waals surface area contributed by atoms with Crippen LogP contribution in [-0.4, -0.2) is 62.9 Å². The van der Waals surface area contributed by atoms with E-state index in [1.165, 1.54) is 19.4 Å². The third-order valence-electron chi connectivity index (χ3n) is 4.92. The molecule has 1 aromatic carbocycles. The Morgan fingerprint density at radius 3 is 3.00 bits per heavy atom. The summed E-state index contributed by atoms with van der Waals surface area (Å²) in [5.74, 6) is -0.0213. The Morgan fingerprint density at radius 2 is 2.12 bits per heavy atom. The lowest BCUT2D eigenvalue weighted by atomic mass is 10.1. The SMILES string of the molecule is O=C(c1cn(Cc2ccccc2Cl)nn1)N1CCN2CCCC2C1. The van der Waals surface area contributed by atoms with Gasteiger partial charge in [-0.2, -0.15) is 0 Å². The fraction of sp³-hybridized carbons (Fsp3) is 0.471. The first-order chi connectivity index (χ1) is 11.7. The number of piperazine rings is 1. The third kappa shape index (κ3) is 3.03. The van der Waals surface area contributed by atoms with Crippen molar-refractivity contribution in [2.24, 2.45) is 0 Å². The van der Waals surface area contributed by atoms with Crippen molar-refractivity contribution < 1.29 is 4.79 Å². The highest BCUT2D eigenvalue weighted by Gasteiger charge is 2.33. The zero-order chi connectivity index (χ0) is 16.5. The number of benzene rings is 1. The smallest absolute Gasteiger partial charge is 0.276 e. The van der Waals surface area contributed by atoms with Crippen LogP contribution in [0.5, 0.6) is 0 Å². The second kappa shape index (κ2) is 6.53. The summed E-state index contributed by atoms with van der Waals surface area (Å²) in [7, 11) is 0. The van der Waals surface area contributed by atoms with Gasteiger partial charge in [-0.15, -0.1) is 5.10 Å². The molecular formula is C17H20ClN5O. The van der Waals surface area contributed by atoms with Crippen LogP contribution >= 0.6 is 11.6 Å². The van der Waals surface area contributed by atoms with Gasteiger partial charge >= 0.3 is 0 Å². The molecule has 1 unspecified atom stereocenters. The highest BCUT2D eigenvalue weighted by molar-refractivity contribution is 6.31. The van der Waals surface area contributed by atoms with Crippen molar-refractivity contribution in [1.82, 2.24) is 24.8 Å². The highest BCUT2D eigenvalue weighted by atomic mass is 35.5. The molecule has 1 atom stereocenters. The maximum atomic E-state index is 12.7. The van der Waals surface area contributed by atoms with Gasteiger partial charge in [0, 0.05) is 30.7 Å². The normalized spacial score (nSPS) is 21.0. The van der Waals surface area contributed by atoms with E-state index < -0.39 is 0 Å². The number of hydrogen-bond donors (Lipinski definition) is 0. The number of nitrogens with zero attached hydrogens (tertiary/aromatic N) is 5. The van der Waals surface area contributed by atoms with Crippen LogP contribution in [0.4, 0.5) is 0 Å². The number of rotatable bonds is 3. The molecule has 6 nitrogen and oxygen atoms in total. The van der Waals surface area contributed by atoms with Crippen LogP contribution < -0.4 is 0 Å². The molecule has 1 aromatic heterocycles. The first-order valence-electron chi connectivity index (χ1n) is 8.37. The van der Waals surface area contributed by atoms with E-state index >= 15 is 0 Å². The lowest BCUT2D eigenvalue weighted by Gasteiger charge is -2.37. The summed E-state index contributed by atoms with van der Waals surface area (Å²) in [6.45, 7) is 4.21. The van der Waals surface area contributed by atoms with E-state index in [9.17, 15) is 4.79 Å². The van der Waals surface area contributed by atoms with E-state index in [0.717, 1.165) is 25.2 Å². The molecule has 0 bridgehead atoms. The van der Waals surface area contributed by atoms with Crippen molar-refractivity contribution in [2.45, 2.75) is 25.4 Å². The van der Waals surface area contributed by atoms with Gasteiger partial charge in [0.1, 0.15) is 0 Å². The molecule has 2 aromatic rings. The van der Waals surface area contributed by atoms with Crippen LogP contribution in [0.25, 0.3) is 0 Å². The number of carbonyl (C=O) groups is 1. The summed E-state index contributed by atoms with van der Waals surface area (Å²) in [6, 6.07) is 8.14. The average molecular weight is 346 g/mol. The van der Waals surface area contributed by atoms with Gasteiger partial charge in [0.25, 0.3) is 5.91 Å². The minimum absolute atomic E-state index is 0.0213. The molecule has 24 heavy (non-hydrogen) atoms. The van der Waals surface area contributed by atoms with Gasteiger partial charge in [-0.3, -0.25) is 9.69 Å². The Hall–Kier alpha value is -1.92. The van der Waals surface area contributed by atoms with E-state index in [0.29, 0.717) is 23.3 Å². The molecule has 2 fully saturated rings. The molecule has 2 aliphatic rings. The molecule has 0 aliphatic carbocycles. The standard InChI is InChI=1S/C17H20ClN5O/c18-15-6-2-1-4-13(15)10-23-12-16(19-20-23)17(24)22-9-8-21-7-3-5-14(21)11-22/h1-2,4,6,12,14H,3,5,7-11H2. The van der Waals surface area contributed by atoms with E-state index in [1.807, 2.05) is 29.2 Å². The Labute approximate surface area is 146 Å². The Balaban J connectivity index is 1.44. The van der Waals surface area contributed by atoms with Crippen LogP contribution in [0.2, 0.25) is 5.02 Å². The zero-order valence-electron chi connectivity index (χ0n) is 13.4. The van der Waals surface area contributed by atoms with E-state index in [1.54, 1.807) is 10.9 Å². The second-order valence-corrected chi connectivity index (χ2v) is 6.88. The van der Waals surface area contributed by atoms with Crippen LogP contribution in [-0.2, 0) is 6.54 Å². The Morgan fingerprint density at radius 1 is 1.25 bits per heavy atom. The number of amides is 1. The van der Waals surface area contributed by atoms with Crippen LogP contribution in [0.15, 0.2) is 30.5 Å². The van der Waals surface area contributed by atoms with Gasteiger partial charge in [-0.25, -0.2) is 4.68 Å². The summed E-state index contributed by atoms with van der Waals surface area (Å²) < 4.78 is 1.67. The summed E-state index contributed by atoms with van der Waals surface area (Å²) in [4.78, 5) is 17.1. The van der Waals surface area contributed by atoms with Gasteiger partial charge in [0.2, 0.25) is 0 Å². The van der Waals surface area contributed by atoms with E-state index in [-0.39, 0.29) is 5.91 Å². The van der Waals surface area contributed by atoms with Crippen molar-refractivity contribution in [1.29, 1.82) is 0 Å². The van der Waals surface area contributed by atoms with Crippen LogP contribution in [0.1, 0.15) is 28.9 Å². The van der Waals surface area contributed by atoms with E-state index in [2.05, 4.69) is 15.2 Å². The maximum Gasteiger partial charge on any atom is 0.276 e. The zero-order valence-corrected chi connectivity index (χ0v) is 14.2. The number of halogens is 1. The largest absolute Gasteiger partial charge is 0.334 e. The lowest BCUT2D eigenvalue weighted by Crippen LogP contribution is -2.52. The number of hydrogen-bond acceptors (Lipinski definition) is 4. The summed E-state index contributed by atoms with van der Waals surface area (Å²) in [5.41, 5.74) is 1.37. The molecular weight excluding hydrogens is 326 g/mol. The van der Waals surface area contributed by atoms with E-state index in [4.69, 9.17) is 11.6 Å². The minimum atomic E-state index is -0.0213.